The van der Waals surface area contributed by atoms with E-state index < -0.39 is 17.2 Å². The van der Waals surface area contributed by atoms with Crippen LogP contribution in [0.3, 0.4) is 0 Å². The van der Waals surface area contributed by atoms with Gasteiger partial charge >= 0.3 is 0 Å². The Bertz CT molecular complexity index is 1310. The fourth-order valence-electron chi connectivity index (χ4n) is 7.71. The van der Waals surface area contributed by atoms with Crippen molar-refractivity contribution >= 4 is 22.3 Å². The van der Waals surface area contributed by atoms with Gasteiger partial charge in [-0.3, -0.25) is 9.45 Å². The van der Waals surface area contributed by atoms with E-state index in [0.29, 0.717) is 24.7 Å². The van der Waals surface area contributed by atoms with Gasteiger partial charge in [0, 0.05) is 43.6 Å². The molecule has 6 rings (SSSR count). The number of para-hydroxylation sites is 2. The highest BCUT2D eigenvalue weighted by Gasteiger charge is 2.42. The third-order valence-electron chi connectivity index (χ3n) is 9.70. The van der Waals surface area contributed by atoms with E-state index in [-0.39, 0.29) is 37.6 Å². The number of nitrogens with zero attached hydrogens (tertiary/aromatic N) is 4. The molecule has 0 amide bonds. The molecule has 3 fully saturated rings. The summed E-state index contributed by atoms with van der Waals surface area (Å²) < 4.78 is 54.3. The van der Waals surface area contributed by atoms with Crippen molar-refractivity contribution in [1.82, 2.24) is 18.8 Å². The lowest BCUT2D eigenvalue weighted by molar-refractivity contribution is -0.0470. The van der Waals surface area contributed by atoms with Crippen molar-refractivity contribution in [2.75, 3.05) is 13.1 Å². The average Bonchev–Trinajstić information content (AvgIpc) is 3.40. The van der Waals surface area contributed by atoms with E-state index in [2.05, 4.69) is 46.7 Å². The molecule has 0 spiro atoms. The second-order valence-electron chi connectivity index (χ2n) is 12.1. The molecule has 3 aliphatic rings. The van der Waals surface area contributed by atoms with Crippen LogP contribution < -0.4 is 0 Å². The molecular formula is C31H40F2N4O2S. The molecule has 3 unspecified atom stereocenters. The zero-order chi connectivity index (χ0) is 27.9. The van der Waals surface area contributed by atoms with Crippen LogP contribution in [0.2, 0.25) is 0 Å². The maximum absolute atomic E-state index is 13.8. The van der Waals surface area contributed by atoms with Gasteiger partial charge in [0.25, 0.3) is 0 Å². The molecule has 2 saturated heterocycles. The van der Waals surface area contributed by atoms with Gasteiger partial charge in [-0.2, -0.15) is 4.31 Å². The maximum Gasteiger partial charge on any atom is 0.248 e. The van der Waals surface area contributed by atoms with Gasteiger partial charge in [-0.1, -0.05) is 42.5 Å². The highest BCUT2D eigenvalue weighted by molar-refractivity contribution is 7.76. The Balaban J connectivity index is 1.16. The largest absolute Gasteiger partial charge is 0.325 e. The Morgan fingerprint density at radius 3 is 2.33 bits per heavy atom. The fraction of sp³-hybridized carbons (Fsp3) is 0.581. The summed E-state index contributed by atoms with van der Waals surface area (Å²) in [4.78, 5) is 7.50. The summed E-state index contributed by atoms with van der Waals surface area (Å²) in [5.41, 5.74) is 3.43. The number of hydrogen-bond acceptors (Lipinski definition) is 3. The van der Waals surface area contributed by atoms with Crippen LogP contribution in [-0.2, 0) is 11.3 Å². The number of halogens is 2. The van der Waals surface area contributed by atoms with E-state index in [1.807, 2.05) is 24.3 Å². The number of rotatable bonds is 9. The highest BCUT2D eigenvalue weighted by Crippen LogP contribution is 2.43. The predicted octanol–water partition coefficient (Wildman–Crippen LogP) is 6.70. The monoisotopic (exact) mass is 570 g/mol. The van der Waals surface area contributed by atoms with Gasteiger partial charge in [0.15, 0.2) is 0 Å². The van der Waals surface area contributed by atoms with Crippen molar-refractivity contribution in [1.29, 1.82) is 0 Å². The number of aromatic nitrogens is 2. The number of piperidine rings is 1. The van der Waals surface area contributed by atoms with Crippen LogP contribution in [0.1, 0.15) is 81.1 Å². The average molecular weight is 571 g/mol. The second-order valence-corrected chi connectivity index (χ2v) is 13.0. The van der Waals surface area contributed by atoms with E-state index in [1.165, 1.54) is 18.4 Å². The first-order valence-corrected chi connectivity index (χ1v) is 15.8. The number of aryl methyl sites for hydroxylation is 1. The van der Waals surface area contributed by atoms with Crippen LogP contribution in [0, 0.1) is 6.92 Å². The summed E-state index contributed by atoms with van der Waals surface area (Å²) in [6, 6.07) is 19.8. The van der Waals surface area contributed by atoms with Crippen molar-refractivity contribution in [3.63, 3.8) is 0 Å². The minimum atomic E-state index is -2.66. The molecule has 3 heterocycles. The number of benzene rings is 2. The van der Waals surface area contributed by atoms with Crippen LogP contribution in [0.4, 0.5) is 8.78 Å². The minimum Gasteiger partial charge on any atom is -0.325 e. The Labute approximate surface area is 238 Å². The highest BCUT2D eigenvalue weighted by atomic mass is 32.2. The molecule has 0 radical (unpaired) electrons. The number of fused-ring (bicyclic) bond motifs is 3. The molecule has 3 aromatic rings. The minimum absolute atomic E-state index is 0.0525. The lowest BCUT2D eigenvalue weighted by atomic mass is 9.90. The molecule has 216 valence electrons. The van der Waals surface area contributed by atoms with Gasteiger partial charge in [0.2, 0.25) is 17.2 Å². The second kappa shape index (κ2) is 11.6. The Kier molecular flexibility index (Phi) is 8.09. The molecule has 6 nitrogen and oxygen atoms in total. The quantitative estimate of drug-likeness (QED) is 0.291. The summed E-state index contributed by atoms with van der Waals surface area (Å²) in [5.74, 6) is -1.53. The van der Waals surface area contributed by atoms with Crippen molar-refractivity contribution < 1.29 is 17.5 Å². The maximum atomic E-state index is 13.8. The smallest absolute Gasteiger partial charge is 0.248 e. The number of imidazole rings is 1. The summed E-state index contributed by atoms with van der Waals surface area (Å²) in [7, 11) is 0. The van der Waals surface area contributed by atoms with Crippen molar-refractivity contribution in [3.8, 4) is 0 Å². The molecule has 5 atom stereocenters. The molecule has 2 aromatic carbocycles. The van der Waals surface area contributed by atoms with E-state index in [9.17, 15) is 17.5 Å². The van der Waals surface area contributed by atoms with Gasteiger partial charge in [-0.15, -0.1) is 0 Å². The van der Waals surface area contributed by atoms with E-state index >= 15 is 0 Å². The first-order chi connectivity index (χ1) is 19.3. The van der Waals surface area contributed by atoms with Gasteiger partial charge in [-0.05, 0) is 82.0 Å². The molecule has 1 aromatic heterocycles. The van der Waals surface area contributed by atoms with E-state index in [0.717, 1.165) is 42.7 Å². The van der Waals surface area contributed by atoms with Crippen LogP contribution in [0.25, 0.3) is 11.0 Å². The first kappa shape index (κ1) is 27.9. The summed E-state index contributed by atoms with van der Waals surface area (Å²) in [6.07, 6.45) is 5.55. The zero-order valence-corrected chi connectivity index (χ0v) is 24.0. The predicted molar refractivity (Wildman–Crippen MR) is 155 cm³/mol. The van der Waals surface area contributed by atoms with E-state index in [4.69, 9.17) is 4.98 Å². The molecule has 40 heavy (non-hydrogen) atoms. The SMILES string of the molecule is Cc1nc2ccccc2n1C1C[C@H]2CC[C@@H](C1)N2CCC(CN(C1CCC(F)(F)CC1)S(=O)O)c1ccccc1. The third kappa shape index (κ3) is 5.75. The summed E-state index contributed by atoms with van der Waals surface area (Å²) in [5, 5.41) is 0. The van der Waals surface area contributed by atoms with E-state index in [1.54, 1.807) is 4.31 Å². The normalized spacial score (nSPS) is 26.9. The van der Waals surface area contributed by atoms with Crippen molar-refractivity contribution in [3.05, 3.63) is 66.0 Å². The number of hydrogen-bond donors (Lipinski definition) is 1. The van der Waals surface area contributed by atoms with Gasteiger partial charge in [0.1, 0.15) is 5.82 Å². The first-order valence-electron chi connectivity index (χ1n) is 14.8. The van der Waals surface area contributed by atoms with Crippen molar-refractivity contribution in [2.45, 2.75) is 101 Å². The van der Waals surface area contributed by atoms with Gasteiger partial charge in [0.05, 0.1) is 11.0 Å². The van der Waals surface area contributed by atoms with Crippen LogP contribution in [-0.4, -0.2) is 64.7 Å². The molecule has 9 heteroatoms. The lowest BCUT2D eigenvalue weighted by Crippen LogP contribution is -2.46. The Morgan fingerprint density at radius 2 is 1.65 bits per heavy atom. The van der Waals surface area contributed by atoms with Crippen LogP contribution in [0.5, 0.6) is 0 Å². The Hall–Kier alpha value is -2.20. The van der Waals surface area contributed by atoms with Gasteiger partial charge in [-0.25, -0.2) is 18.0 Å². The standard InChI is InChI=1S/C31H40F2N4O2S/c1-22-34-29-9-5-6-10-30(29)37(22)28-19-26-11-12-27(20-28)35(26)18-15-24(23-7-3-2-4-8-23)21-36(40(38)39)25-13-16-31(32,33)17-14-25/h2-10,24-28H,11-21H2,1H3,(H,38,39)/t24?,26-,27+,28?. The fourth-order valence-corrected chi connectivity index (χ4v) is 8.48. The Morgan fingerprint density at radius 1 is 1.00 bits per heavy atom. The number of alkyl halides is 2. The molecule has 1 aliphatic carbocycles. The van der Waals surface area contributed by atoms with Crippen LogP contribution in [0.15, 0.2) is 54.6 Å². The molecule has 2 bridgehead atoms. The molecule has 1 N–H and O–H groups in total. The summed E-state index contributed by atoms with van der Waals surface area (Å²) >= 11 is -2.20. The summed E-state index contributed by atoms with van der Waals surface area (Å²) in [6.45, 7) is 3.44. The molecule has 1 saturated carbocycles. The molecule has 2 aliphatic heterocycles. The van der Waals surface area contributed by atoms with Crippen molar-refractivity contribution in [2.24, 2.45) is 0 Å². The van der Waals surface area contributed by atoms with Crippen LogP contribution >= 0.6 is 0 Å². The lowest BCUT2D eigenvalue weighted by Gasteiger charge is -2.41. The molecular weight excluding hydrogens is 530 g/mol. The third-order valence-corrected chi connectivity index (χ3v) is 10.5. The topological polar surface area (TPSA) is 61.6 Å². The van der Waals surface area contributed by atoms with Gasteiger partial charge < -0.3 is 4.57 Å². The zero-order valence-electron chi connectivity index (χ0n) is 23.2.